The molecular formula is C23H34FN3O3S. The third-order valence-electron chi connectivity index (χ3n) is 7.00. The molecular weight excluding hydrogens is 417 g/mol. The highest BCUT2D eigenvalue weighted by atomic mass is 32.2. The number of hydrogen-bond donors (Lipinski definition) is 0. The van der Waals surface area contributed by atoms with Crippen molar-refractivity contribution >= 4 is 15.7 Å². The molecule has 31 heavy (non-hydrogen) atoms. The first kappa shape index (κ1) is 22.7. The third-order valence-corrected chi connectivity index (χ3v) is 8.75. The molecule has 2 aliphatic heterocycles. The van der Waals surface area contributed by atoms with E-state index in [0.717, 1.165) is 58.3 Å². The second-order valence-electron chi connectivity index (χ2n) is 9.29. The van der Waals surface area contributed by atoms with Gasteiger partial charge in [-0.3, -0.25) is 14.6 Å². The van der Waals surface area contributed by atoms with Crippen molar-refractivity contribution in [2.75, 3.05) is 44.2 Å². The molecule has 1 aromatic rings. The van der Waals surface area contributed by atoms with Gasteiger partial charge in [0.15, 0.2) is 9.84 Å². The van der Waals surface area contributed by atoms with Crippen molar-refractivity contribution in [3.8, 4) is 0 Å². The van der Waals surface area contributed by atoms with Crippen molar-refractivity contribution in [3.63, 3.8) is 0 Å². The maximum Gasteiger partial charge on any atom is 0.237 e. The Labute approximate surface area is 185 Å². The molecule has 0 aromatic heterocycles. The smallest absolute Gasteiger partial charge is 0.237 e. The first-order valence-electron chi connectivity index (χ1n) is 11.6. The van der Waals surface area contributed by atoms with Gasteiger partial charge in [0, 0.05) is 37.3 Å². The number of benzene rings is 1. The normalized spacial score (nSPS) is 25.5. The van der Waals surface area contributed by atoms with E-state index >= 15 is 0 Å². The molecule has 3 aliphatic rings. The molecule has 0 bridgehead atoms. The maximum absolute atomic E-state index is 14.0. The van der Waals surface area contributed by atoms with E-state index in [1.54, 1.807) is 6.07 Å². The third kappa shape index (κ3) is 5.84. The number of carbonyl (C=O) groups excluding carboxylic acids is 1. The molecule has 1 saturated carbocycles. The number of halogens is 1. The first-order chi connectivity index (χ1) is 14.9. The van der Waals surface area contributed by atoms with E-state index in [2.05, 4.69) is 9.80 Å². The Balaban J connectivity index is 1.36. The van der Waals surface area contributed by atoms with Crippen LogP contribution in [0.2, 0.25) is 0 Å². The molecule has 1 aliphatic carbocycles. The largest absolute Gasteiger partial charge is 0.335 e. The predicted molar refractivity (Wildman–Crippen MR) is 119 cm³/mol. The molecule has 3 fully saturated rings. The summed E-state index contributed by atoms with van der Waals surface area (Å²) in [5.41, 5.74) is 0.710. The van der Waals surface area contributed by atoms with Crippen LogP contribution in [0.3, 0.4) is 0 Å². The van der Waals surface area contributed by atoms with Crippen LogP contribution in [0.4, 0.5) is 4.39 Å². The van der Waals surface area contributed by atoms with Crippen LogP contribution in [0.5, 0.6) is 0 Å². The van der Waals surface area contributed by atoms with E-state index in [0.29, 0.717) is 25.1 Å². The van der Waals surface area contributed by atoms with Crippen LogP contribution in [0.25, 0.3) is 0 Å². The van der Waals surface area contributed by atoms with Gasteiger partial charge in [-0.15, -0.1) is 0 Å². The fourth-order valence-electron chi connectivity index (χ4n) is 5.36. The summed E-state index contributed by atoms with van der Waals surface area (Å²) in [5.74, 6) is 0.225. The highest BCUT2D eigenvalue weighted by Crippen LogP contribution is 2.29. The summed E-state index contributed by atoms with van der Waals surface area (Å²) >= 11 is 0. The lowest BCUT2D eigenvalue weighted by Crippen LogP contribution is -2.51. The zero-order valence-corrected chi connectivity index (χ0v) is 19.0. The SMILES string of the molecule is O=C(CN1CCCN(Cc2ccccc2F)CC1)N(C1CCCC1)C1CCS(=O)(=O)C1. The summed E-state index contributed by atoms with van der Waals surface area (Å²) in [6.45, 7) is 4.21. The van der Waals surface area contributed by atoms with E-state index in [-0.39, 0.29) is 35.3 Å². The number of nitrogens with zero attached hydrogens (tertiary/aromatic N) is 3. The van der Waals surface area contributed by atoms with Crippen LogP contribution in [-0.2, 0) is 21.2 Å². The monoisotopic (exact) mass is 451 g/mol. The molecule has 4 rings (SSSR count). The maximum atomic E-state index is 14.0. The van der Waals surface area contributed by atoms with E-state index in [1.807, 2.05) is 17.0 Å². The molecule has 1 amide bonds. The summed E-state index contributed by atoms with van der Waals surface area (Å²) in [6.07, 6.45) is 5.70. The van der Waals surface area contributed by atoms with Gasteiger partial charge in [0.25, 0.3) is 0 Å². The van der Waals surface area contributed by atoms with Crippen LogP contribution in [0.15, 0.2) is 24.3 Å². The van der Waals surface area contributed by atoms with Crippen molar-refractivity contribution in [1.82, 2.24) is 14.7 Å². The average molecular weight is 452 g/mol. The van der Waals surface area contributed by atoms with E-state index in [4.69, 9.17) is 0 Å². The standard InChI is InChI=1S/C23H34FN3O3S/c24-22-9-4-1-6-19(22)16-25-11-5-12-26(14-13-25)17-23(28)27(20-7-2-3-8-20)21-10-15-31(29,30)18-21/h1,4,6,9,20-21H,2-3,5,7-8,10-18H2. The quantitative estimate of drug-likeness (QED) is 0.664. The molecule has 172 valence electrons. The summed E-state index contributed by atoms with van der Waals surface area (Å²) < 4.78 is 38.1. The topological polar surface area (TPSA) is 60.9 Å². The van der Waals surface area contributed by atoms with Gasteiger partial charge in [-0.1, -0.05) is 31.0 Å². The Morgan fingerprint density at radius 1 is 0.968 bits per heavy atom. The molecule has 1 atom stereocenters. The molecule has 2 heterocycles. The summed E-state index contributed by atoms with van der Waals surface area (Å²) in [6, 6.07) is 6.93. The number of carbonyl (C=O) groups is 1. The van der Waals surface area contributed by atoms with E-state index in [9.17, 15) is 17.6 Å². The molecule has 2 saturated heterocycles. The zero-order valence-electron chi connectivity index (χ0n) is 18.2. The molecule has 1 unspecified atom stereocenters. The lowest BCUT2D eigenvalue weighted by Gasteiger charge is -2.35. The minimum Gasteiger partial charge on any atom is -0.335 e. The summed E-state index contributed by atoms with van der Waals surface area (Å²) in [4.78, 5) is 19.7. The Morgan fingerprint density at radius 3 is 2.39 bits per heavy atom. The van der Waals surface area contributed by atoms with E-state index in [1.165, 1.54) is 6.07 Å². The number of sulfone groups is 1. The molecule has 0 spiro atoms. The average Bonchev–Trinajstić information content (AvgIpc) is 3.31. The highest BCUT2D eigenvalue weighted by Gasteiger charge is 2.39. The molecule has 0 radical (unpaired) electrons. The summed E-state index contributed by atoms with van der Waals surface area (Å²) in [5, 5.41) is 0. The van der Waals surface area contributed by atoms with Crippen molar-refractivity contribution in [2.45, 2.75) is 57.2 Å². The van der Waals surface area contributed by atoms with Crippen molar-refractivity contribution in [2.24, 2.45) is 0 Å². The van der Waals surface area contributed by atoms with E-state index < -0.39 is 9.84 Å². The number of rotatable bonds is 6. The van der Waals surface area contributed by atoms with Gasteiger partial charge < -0.3 is 4.90 Å². The fourth-order valence-corrected chi connectivity index (χ4v) is 7.08. The van der Waals surface area contributed by atoms with Crippen LogP contribution in [-0.4, -0.2) is 85.3 Å². The Kier molecular flexibility index (Phi) is 7.29. The predicted octanol–water partition coefficient (Wildman–Crippen LogP) is 2.29. The van der Waals surface area contributed by atoms with Crippen molar-refractivity contribution in [3.05, 3.63) is 35.6 Å². The fraction of sp³-hybridized carbons (Fsp3) is 0.696. The van der Waals surface area contributed by atoms with Gasteiger partial charge in [0.2, 0.25) is 5.91 Å². The summed E-state index contributed by atoms with van der Waals surface area (Å²) in [7, 11) is -3.03. The second-order valence-corrected chi connectivity index (χ2v) is 11.5. The van der Waals surface area contributed by atoms with Crippen LogP contribution < -0.4 is 0 Å². The van der Waals surface area contributed by atoms with Crippen LogP contribution in [0, 0.1) is 5.82 Å². The molecule has 6 nitrogen and oxygen atoms in total. The van der Waals surface area contributed by atoms with Crippen LogP contribution >= 0.6 is 0 Å². The highest BCUT2D eigenvalue weighted by molar-refractivity contribution is 7.91. The van der Waals surface area contributed by atoms with Gasteiger partial charge >= 0.3 is 0 Å². The second kappa shape index (κ2) is 9.96. The van der Waals surface area contributed by atoms with Crippen molar-refractivity contribution in [1.29, 1.82) is 0 Å². The molecule has 8 heteroatoms. The lowest BCUT2D eigenvalue weighted by atomic mass is 10.1. The van der Waals surface area contributed by atoms with Gasteiger partial charge in [-0.2, -0.15) is 0 Å². The Bertz CT molecular complexity index is 873. The van der Waals surface area contributed by atoms with Gasteiger partial charge in [-0.25, -0.2) is 12.8 Å². The number of amides is 1. The minimum absolute atomic E-state index is 0.0801. The molecule has 1 aromatic carbocycles. The minimum atomic E-state index is -3.03. The Hall–Kier alpha value is -1.51. The Morgan fingerprint density at radius 2 is 1.68 bits per heavy atom. The van der Waals surface area contributed by atoms with Crippen LogP contribution in [0.1, 0.15) is 44.1 Å². The van der Waals surface area contributed by atoms with Crippen molar-refractivity contribution < 1.29 is 17.6 Å². The molecule has 0 N–H and O–H groups in total. The van der Waals surface area contributed by atoms with Gasteiger partial charge in [0.1, 0.15) is 5.82 Å². The van der Waals surface area contributed by atoms with Gasteiger partial charge in [-0.05, 0) is 44.8 Å². The zero-order chi connectivity index (χ0) is 21.8. The van der Waals surface area contributed by atoms with Gasteiger partial charge in [0.05, 0.1) is 18.1 Å². The number of hydrogen-bond acceptors (Lipinski definition) is 5. The lowest BCUT2D eigenvalue weighted by molar-refractivity contribution is -0.136. The first-order valence-corrected chi connectivity index (χ1v) is 13.4.